The molecule has 0 aliphatic carbocycles. The highest BCUT2D eigenvalue weighted by atomic mass is 14.9. The fraction of sp³-hybridized carbons (Fsp3) is 1.00. The molecule has 1 unspecified atom stereocenters. The van der Waals surface area contributed by atoms with Gasteiger partial charge in [-0.25, -0.2) is 0 Å². The Bertz CT molecular complexity index is 190. The van der Waals surface area contributed by atoms with Crippen LogP contribution < -0.4 is 5.32 Å². The van der Waals surface area contributed by atoms with Crippen LogP contribution in [0.1, 0.15) is 86.5 Å². The maximum absolute atomic E-state index is 3.65. The Morgan fingerprint density at radius 1 is 0.842 bits per heavy atom. The molecule has 0 heterocycles. The van der Waals surface area contributed by atoms with E-state index in [1.165, 1.54) is 51.5 Å². The minimum Gasteiger partial charge on any atom is -0.316 e. The van der Waals surface area contributed by atoms with Crippen LogP contribution in [-0.4, -0.2) is 13.1 Å². The SMILES string of the molecule is CCCCCCCCC(CNCC(C)C)C(C)(C)C. The molecule has 0 aliphatic rings. The van der Waals surface area contributed by atoms with Gasteiger partial charge in [-0.15, -0.1) is 0 Å². The molecule has 0 amide bonds. The lowest BCUT2D eigenvalue weighted by molar-refractivity contribution is 0.211. The second-order valence-electron chi connectivity index (χ2n) is 7.67. The van der Waals surface area contributed by atoms with Crippen LogP contribution in [0.2, 0.25) is 0 Å². The van der Waals surface area contributed by atoms with Crippen molar-refractivity contribution in [3.8, 4) is 0 Å². The molecule has 116 valence electrons. The van der Waals surface area contributed by atoms with Crippen molar-refractivity contribution < 1.29 is 0 Å². The van der Waals surface area contributed by atoms with Gasteiger partial charge >= 0.3 is 0 Å². The van der Waals surface area contributed by atoms with E-state index in [4.69, 9.17) is 0 Å². The summed E-state index contributed by atoms with van der Waals surface area (Å²) in [6.07, 6.45) is 9.86. The van der Waals surface area contributed by atoms with Crippen LogP contribution in [-0.2, 0) is 0 Å². The van der Waals surface area contributed by atoms with E-state index in [1.54, 1.807) is 0 Å². The van der Waals surface area contributed by atoms with Crippen molar-refractivity contribution in [1.82, 2.24) is 5.32 Å². The van der Waals surface area contributed by atoms with Gasteiger partial charge in [-0.2, -0.15) is 0 Å². The van der Waals surface area contributed by atoms with Crippen molar-refractivity contribution in [3.63, 3.8) is 0 Å². The highest BCUT2D eigenvalue weighted by Crippen LogP contribution is 2.30. The third-order valence-corrected chi connectivity index (χ3v) is 4.07. The third-order valence-electron chi connectivity index (χ3n) is 4.07. The molecule has 0 bridgehead atoms. The number of hydrogen-bond donors (Lipinski definition) is 1. The quantitative estimate of drug-likeness (QED) is 0.478. The highest BCUT2D eigenvalue weighted by molar-refractivity contribution is 4.76. The van der Waals surface area contributed by atoms with E-state index in [-0.39, 0.29) is 0 Å². The first-order chi connectivity index (χ1) is 8.88. The summed E-state index contributed by atoms with van der Waals surface area (Å²) in [5.41, 5.74) is 0.438. The fourth-order valence-electron chi connectivity index (χ4n) is 2.56. The minimum atomic E-state index is 0.438. The predicted octanol–water partition coefficient (Wildman–Crippen LogP) is 5.64. The summed E-state index contributed by atoms with van der Waals surface area (Å²) in [5.74, 6) is 1.58. The Balaban J connectivity index is 3.82. The molecule has 1 N–H and O–H groups in total. The zero-order valence-corrected chi connectivity index (χ0v) is 14.5. The zero-order valence-electron chi connectivity index (χ0n) is 14.5. The molecular weight excluding hydrogens is 230 g/mol. The first kappa shape index (κ1) is 19.0. The van der Waals surface area contributed by atoms with Gasteiger partial charge in [0.05, 0.1) is 0 Å². The van der Waals surface area contributed by atoms with Crippen LogP contribution in [0.15, 0.2) is 0 Å². The summed E-state index contributed by atoms with van der Waals surface area (Å²) < 4.78 is 0. The van der Waals surface area contributed by atoms with E-state index in [2.05, 4.69) is 46.9 Å². The largest absolute Gasteiger partial charge is 0.316 e. The lowest BCUT2D eigenvalue weighted by Gasteiger charge is -2.31. The molecule has 1 heteroatoms. The lowest BCUT2D eigenvalue weighted by Crippen LogP contribution is -2.33. The van der Waals surface area contributed by atoms with E-state index in [9.17, 15) is 0 Å². The average molecular weight is 270 g/mol. The van der Waals surface area contributed by atoms with Crippen molar-refractivity contribution >= 4 is 0 Å². The molecule has 0 saturated carbocycles. The van der Waals surface area contributed by atoms with Crippen LogP contribution in [0, 0.1) is 17.3 Å². The molecular formula is C18H39N. The van der Waals surface area contributed by atoms with E-state index in [0.717, 1.165) is 18.4 Å². The molecule has 1 nitrogen and oxygen atoms in total. The minimum absolute atomic E-state index is 0.438. The monoisotopic (exact) mass is 269 g/mol. The van der Waals surface area contributed by atoms with E-state index in [1.807, 2.05) is 0 Å². The van der Waals surface area contributed by atoms with Gasteiger partial charge in [0.2, 0.25) is 0 Å². The first-order valence-corrected chi connectivity index (χ1v) is 8.58. The number of nitrogens with one attached hydrogen (secondary N) is 1. The molecule has 0 radical (unpaired) electrons. The zero-order chi connectivity index (χ0) is 14.7. The summed E-state index contributed by atoms with van der Waals surface area (Å²) in [6.45, 7) is 16.4. The number of rotatable bonds is 11. The van der Waals surface area contributed by atoms with Crippen LogP contribution in [0.5, 0.6) is 0 Å². The predicted molar refractivity (Wildman–Crippen MR) is 88.6 cm³/mol. The van der Waals surface area contributed by atoms with Crippen molar-refractivity contribution in [1.29, 1.82) is 0 Å². The Morgan fingerprint density at radius 2 is 1.42 bits per heavy atom. The Hall–Kier alpha value is -0.0400. The number of hydrogen-bond acceptors (Lipinski definition) is 1. The van der Waals surface area contributed by atoms with Gasteiger partial charge in [0.1, 0.15) is 0 Å². The topological polar surface area (TPSA) is 12.0 Å². The van der Waals surface area contributed by atoms with Gasteiger partial charge in [0.25, 0.3) is 0 Å². The van der Waals surface area contributed by atoms with Gasteiger partial charge in [-0.1, -0.05) is 80.1 Å². The molecule has 0 aromatic rings. The molecule has 1 atom stereocenters. The van der Waals surface area contributed by atoms with Gasteiger partial charge in [-0.05, 0) is 36.8 Å². The van der Waals surface area contributed by atoms with Crippen molar-refractivity contribution in [2.75, 3.05) is 13.1 Å². The van der Waals surface area contributed by atoms with Gasteiger partial charge in [-0.3, -0.25) is 0 Å². The van der Waals surface area contributed by atoms with E-state index >= 15 is 0 Å². The molecule has 19 heavy (non-hydrogen) atoms. The second-order valence-corrected chi connectivity index (χ2v) is 7.67. The number of unbranched alkanes of at least 4 members (excludes halogenated alkanes) is 5. The standard InChI is InChI=1S/C18H39N/c1-7-8-9-10-11-12-13-17(18(4,5)6)15-19-14-16(2)3/h16-17,19H,7-15H2,1-6H3. The van der Waals surface area contributed by atoms with Crippen LogP contribution in [0.3, 0.4) is 0 Å². The Kier molecular flexibility index (Phi) is 10.7. The summed E-state index contributed by atoms with van der Waals surface area (Å²) >= 11 is 0. The third kappa shape index (κ3) is 11.5. The molecule has 0 fully saturated rings. The Labute approximate surface area is 122 Å². The maximum atomic E-state index is 3.65. The van der Waals surface area contributed by atoms with Crippen molar-refractivity contribution in [2.24, 2.45) is 17.3 Å². The fourth-order valence-corrected chi connectivity index (χ4v) is 2.56. The Morgan fingerprint density at radius 3 is 1.95 bits per heavy atom. The molecule has 0 aromatic carbocycles. The van der Waals surface area contributed by atoms with Gasteiger partial charge in [0, 0.05) is 0 Å². The van der Waals surface area contributed by atoms with Crippen LogP contribution in [0.4, 0.5) is 0 Å². The summed E-state index contributed by atoms with van der Waals surface area (Å²) in [7, 11) is 0. The summed E-state index contributed by atoms with van der Waals surface area (Å²) in [4.78, 5) is 0. The summed E-state index contributed by atoms with van der Waals surface area (Å²) in [6, 6.07) is 0. The van der Waals surface area contributed by atoms with Crippen LogP contribution in [0.25, 0.3) is 0 Å². The van der Waals surface area contributed by atoms with Gasteiger partial charge in [0.15, 0.2) is 0 Å². The maximum Gasteiger partial charge on any atom is -0.00154 e. The van der Waals surface area contributed by atoms with E-state index in [0.29, 0.717) is 5.41 Å². The molecule has 0 aromatic heterocycles. The van der Waals surface area contributed by atoms with Crippen molar-refractivity contribution in [2.45, 2.75) is 86.5 Å². The van der Waals surface area contributed by atoms with Gasteiger partial charge < -0.3 is 5.32 Å². The van der Waals surface area contributed by atoms with Crippen LogP contribution >= 0.6 is 0 Å². The molecule has 0 aliphatic heterocycles. The molecule has 0 saturated heterocycles. The highest BCUT2D eigenvalue weighted by Gasteiger charge is 2.23. The van der Waals surface area contributed by atoms with Crippen molar-refractivity contribution in [3.05, 3.63) is 0 Å². The normalized spacial score (nSPS) is 14.1. The summed E-state index contributed by atoms with van der Waals surface area (Å²) in [5, 5.41) is 3.65. The molecule has 0 spiro atoms. The molecule has 0 rings (SSSR count). The van der Waals surface area contributed by atoms with E-state index < -0.39 is 0 Å². The lowest BCUT2D eigenvalue weighted by atomic mass is 9.77. The second kappa shape index (κ2) is 10.7. The average Bonchev–Trinajstić information content (AvgIpc) is 2.29. The first-order valence-electron chi connectivity index (χ1n) is 8.58. The smallest absolute Gasteiger partial charge is 0.00154 e.